The Morgan fingerprint density at radius 3 is 1.98 bits per heavy atom. The van der Waals surface area contributed by atoms with Gasteiger partial charge in [-0.2, -0.15) is 13.2 Å². The lowest BCUT2D eigenvalue weighted by Gasteiger charge is -2.47. The number of hydrogen-bond donors (Lipinski definition) is 1. The predicted molar refractivity (Wildman–Crippen MR) is 163 cm³/mol. The lowest BCUT2D eigenvalue weighted by Crippen LogP contribution is -2.48. The monoisotopic (exact) mass is 628 g/mol. The maximum absolute atomic E-state index is 13.2. The van der Waals surface area contributed by atoms with Crippen LogP contribution in [0.15, 0.2) is 72.8 Å². The van der Waals surface area contributed by atoms with Crippen LogP contribution >= 0.6 is 0 Å². The molecule has 45 heavy (non-hydrogen) atoms. The summed E-state index contributed by atoms with van der Waals surface area (Å²) in [6.07, 6.45) is -0.593. The van der Waals surface area contributed by atoms with E-state index in [4.69, 9.17) is 24.1 Å². The van der Waals surface area contributed by atoms with Gasteiger partial charge in [-0.1, -0.05) is 48.5 Å². The number of rotatable bonds is 8. The van der Waals surface area contributed by atoms with Crippen LogP contribution in [0.2, 0.25) is 0 Å². The summed E-state index contributed by atoms with van der Waals surface area (Å²) in [5.74, 6) is -0.485. The van der Waals surface area contributed by atoms with E-state index in [0.717, 1.165) is 51.3 Å². The van der Waals surface area contributed by atoms with Crippen LogP contribution in [0.4, 0.5) is 13.2 Å². The Morgan fingerprint density at radius 1 is 0.800 bits per heavy atom. The van der Waals surface area contributed by atoms with Crippen LogP contribution < -0.4 is 14.2 Å². The number of piperidine rings is 2. The number of carboxylic acids is 1. The first-order chi connectivity index (χ1) is 21.5. The van der Waals surface area contributed by atoms with Crippen LogP contribution in [-0.2, 0) is 17.9 Å². The lowest BCUT2D eigenvalue weighted by molar-refractivity contribution is -0.192. The molecule has 2 saturated heterocycles. The molecule has 3 aromatic rings. The number of amides is 1. The first kappa shape index (κ1) is 33.6. The van der Waals surface area contributed by atoms with Gasteiger partial charge in [0, 0.05) is 30.8 Å². The molecule has 1 spiro atoms. The highest BCUT2D eigenvalue weighted by molar-refractivity contribution is 5.95. The fraction of sp³-hybridized carbons (Fsp3) is 0.412. The van der Waals surface area contributed by atoms with Crippen LogP contribution in [0, 0.1) is 5.41 Å². The fourth-order valence-corrected chi connectivity index (χ4v) is 5.77. The van der Waals surface area contributed by atoms with E-state index in [1.54, 1.807) is 26.4 Å². The molecule has 0 radical (unpaired) electrons. The Morgan fingerprint density at radius 2 is 1.38 bits per heavy atom. The van der Waals surface area contributed by atoms with Crippen molar-refractivity contribution in [1.82, 2.24) is 9.80 Å². The Labute approximate surface area is 261 Å². The third-order valence-electron chi connectivity index (χ3n) is 8.50. The molecule has 2 aliphatic rings. The van der Waals surface area contributed by atoms with Crippen molar-refractivity contribution in [2.75, 3.05) is 40.4 Å². The van der Waals surface area contributed by atoms with E-state index in [9.17, 15) is 18.0 Å². The van der Waals surface area contributed by atoms with Crippen molar-refractivity contribution in [3.63, 3.8) is 0 Å². The van der Waals surface area contributed by atoms with E-state index in [2.05, 4.69) is 35.2 Å². The molecule has 1 N–H and O–H groups in total. The van der Waals surface area contributed by atoms with Gasteiger partial charge in [-0.25, -0.2) is 4.79 Å². The Balaban J connectivity index is 0.000000591. The maximum Gasteiger partial charge on any atom is 0.490 e. The van der Waals surface area contributed by atoms with Gasteiger partial charge in [0.1, 0.15) is 12.4 Å². The Bertz CT molecular complexity index is 1410. The summed E-state index contributed by atoms with van der Waals surface area (Å²) < 4.78 is 48.6. The van der Waals surface area contributed by atoms with Crippen LogP contribution in [-0.4, -0.2) is 73.4 Å². The summed E-state index contributed by atoms with van der Waals surface area (Å²) >= 11 is 0. The van der Waals surface area contributed by atoms with E-state index >= 15 is 0 Å². The summed E-state index contributed by atoms with van der Waals surface area (Å²) in [5.41, 5.74) is 3.42. The van der Waals surface area contributed by atoms with Gasteiger partial charge in [0.2, 0.25) is 0 Å². The quantitative estimate of drug-likeness (QED) is 0.308. The zero-order valence-electron chi connectivity index (χ0n) is 25.5. The molecule has 3 aromatic carbocycles. The van der Waals surface area contributed by atoms with Crippen molar-refractivity contribution in [2.45, 2.75) is 45.0 Å². The van der Waals surface area contributed by atoms with Crippen LogP contribution in [0.5, 0.6) is 17.2 Å². The fourth-order valence-electron chi connectivity index (χ4n) is 5.77. The normalized spacial score (nSPS) is 16.3. The maximum atomic E-state index is 13.2. The predicted octanol–water partition coefficient (Wildman–Crippen LogP) is 6.43. The molecule has 8 nitrogen and oxygen atoms in total. The van der Waals surface area contributed by atoms with Crippen molar-refractivity contribution in [3.05, 3.63) is 89.5 Å². The van der Waals surface area contributed by atoms with Gasteiger partial charge in [0.15, 0.2) is 11.5 Å². The molecule has 0 atom stereocenters. The number of nitrogens with zero attached hydrogens (tertiary/aromatic N) is 2. The summed E-state index contributed by atoms with van der Waals surface area (Å²) in [6, 6.07) is 24.1. The summed E-state index contributed by atoms with van der Waals surface area (Å²) in [6.45, 7) is 5.27. The van der Waals surface area contributed by atoms with Gasteiger partial charge < -0.3 is 24.2 Å². The highest BCUT2D eigenvalue weighted by Crippen LogP contribution is 2.42. The minimum Gasteiger partial charge on any atom is -0.493 e. The number of carbonyl (C=O) groups is 2. The van der Waals surface area contributed by atoms with Crippen molar-refractivity contribution in [1.29, 1.82) is 0 Å². The minimum absolute atomic E-state index is 0.0744. The van der Waals surface area contributed by atoms with Crippen molar-refractivity contribution >= 4 is 11.9 Å². The molecule has 0 bridgehead atoms. The standard InChI is InChI=1S/C32H38N2O4.C2HF3O2/c1-36-29-13-12-26(22-30(29)37-2)31(35)34-20-16-32(17-21-34)14-18-33(19-15-32)23-27-10-6-7-11-28(27)38-24-25-8-4-3-5-9-25;3-2(4,5)1(6)7/h3-13,22H,14-21,23-24H2,1-2H3;(H,6,7). The number of methoxy groups -OCH3 is 2. The number of ether oxygens (including phenoxy) is 3. The van der Waals surface area contributed by atoms with Crippen LogP contribution in [0.25, 0.3) is 0 Å². The molecule has 0 unspecified atom stereocenters. The van der Waals surface area contributed by atoms with Crippen molar-refractivity contribution in [2.24, 2.45) is 5.41 Å². The molecule has 0 aromatic heterocycles. The van der Waals surface area contributed by atoms with E-state index in [-0.39, 0.29) is 5.91 Å². The molecule has 5 rings (SSSR count). The number of likely N-dealkylation sites (tertiary alicyclic amines) is 2. The molecule has 0 saturated carbocycles. The topological polar surface area (TPSA) is 88.5 Å². The summed E-state index contributed by atoms with van der Waals surface area (Å²) in [4.78, 5) is 26.6. The average Bonchev–Trinajstić information content (AvgIpc) is 3.05. The first-order valence-corrected chi connectivity index (χ1v) is 14.8. The largest absolute Gasteiger partial charge is 0.493 e. The second-order valence-electron chi connectivity index (χ2n) is 11.3. The second-order valence-corrected chi connectivity index (χ2v) is 11.3. The highest BCUT2D eigenvalue weighted by atomic mass is 19.4. The second kappa shape index (κ2) is 15.2. The number of para-hydroxylation sites is 1. The third-order valence-corrected chi connectivity index (χ3v) is 8.50. The lowest BCUT2D eigenvalue weighted by atomic mass is 9.71. The Hall–Kier alpha value is -4.25. The molecular weight excluding hydrogens is 589 g/mol. The highest BCUT2D eigenvalue weighted by Gasteiger charge is 2.39. The summed E-state index contributed by atoms with van der Waals surface area (Å²) in [5, 5.41) is 7.12. The molecule has 0 aliphatic carbocycles. The van der Waals surface area contributed by atoms with Gasteiger partial charge >= 0.3 is 12.1 Å². The van der Waals surface area contributed by atoms with Crippen molar-refractivity contribution in [3.8, 4) is 17.2 Å². The molecular formula is C34H39F3N2O6. The van der Waals surface area contributed by atoms with Gasteiger partial charge in [-0.15, -0.1) is 0 Å². The smallest absolute Gasteiger partial charge is 0.490 e. The third kappa shape index (κ3) is 9.13. The number of alkyl halides is 3. The number of benzene rings is 3. The molecule has 2 fully saturated rings. The molecule has 11 heteroatoms. The van der Waals surface area contributed by atoms with E-state index in [1.165, 1.54) is 24.0 Å². The SMILES string of the molecule is COc1ccc(C(=O)N2CCC3(CCN(Cc4ccccc4OCc4ccccc4)CC3)CC2)cc1OC.O=C(O)C(F)(F)F. The number of aliphatic carboxylic acids is 1. The van der Waals surface area contributed by atoms with Crippen molar-refractivity contribution < 1.29 is 42.1 Å². The zero-order valence-corrected chi connectivity index (χ0v) is 25.5. The van der Waals surface area contributed by atoms with Gasteiger partial charge in [0.25, 0.3) is 5.91 Å². The van der Waals surface area contributed by atoms with Gasteiger partial charge in [-0.05, 0) is 74.0 Å². The number of halogens is 3. The number of carbonyl (C=O) groups excluding carboxylic acids is 1. The molecule has 2 heterocycles. The number of carboxylic acid groups (broad SMARTS) is 1. The zero-order chi connectivity index (χ0) is 32.5. The molecule has 1 amide bonds. The van der Waals surface area contributed by atoms with Gasteiger partial charge in [0.05, 0.1) is 14.2 Å². The molecule has 2 aliphatic heterocycles. The van der Waals surface area contributed by atoms with Gasteiger partial charge in [-0.3, -0.25) is 9.69 Å². The van der Waals surface area contributed by atoms with E-state index < -0.39 is 12.1 Å². The van der Waals surface area contributed by atoms with E-state index in [1.807, 2.05) is 35.2 Å². The average molecular weight is 629 g/mol. The Kier molecular flexibility index (Phi) is 11.3. The first-order valence-electron chi connectivity index (χ1n) is 14.8. The van der Waals surface area contributed by atoms with Crippen LogP contribution in [0.3, 0.4) is 0 Å². The summed E-state index contributed by atoms with van der Waals surface area (Å²) in [7, 11) is 3.20. The van der Waals surface area contributed by atoms with Crippen LogP contribution in [0.1, 0.15) is 47.2 Å². The molecule has 242 valence electrons. The van der Waals surface area contributed by atoms with E-state index in [0.29, 0.717) is 29.1 Å². The number of hydrogen-bond acceptors (Lipinski definition) is 6. The minimum atomic E-state index is -5.08.